The molecule has 0 spiro atoms. The topological polar surface area (TPSA) is 107 Å². The van der Waals surface area contributed by atoms with Crippen molar-refractivity contribution in [3.63, 3.8) is 0 Å². The Morgan fingerprint density at radius 1 is 1.40 bits per heavy atom. The predicted molar refractivity (Wildman–Crippen MR) is 67.0 cm³/mol. The summed E-state index contributed by atoms with van der Waals surface area (Å²) in [7, 11) is 0. The number of pyridine rings is 1. The van der Waals surface area contributed by atoms with Gasteiger partial charge in [-0.25, -0.2) is 14.3 Å². The Morgan fingerprint density at radius 3 is 3.05 bits per heavy atom. The van der Waals surface area contributed by atoms with Gasteiger partial charge in [0.1, 0.15) is 11.6 Å². The smallest absolute Gasteiger partial charge is 0.424 e. The molecule has 1 aliphatic rings. The lowest BCUT2D eigenvalue weighted by molar-refractivity contribution is -0.118. The van der Waals surface area contributed by atoms with Crippen molar-refractivity contribution in [2.75, 3.05) is 18.5 Å². The van der Waals surface area contributed by atoms with Gasteiger partial charge in [-0.3, -0.25) is 4.79 Å². The first-order valence-electron chi connectivity index (χ1n) is 5.93. The number of anilines is 1. The summed E-state index contributed by atoms with van der Waals surface area (Å²) < 4.78 is 11.3. The quantitative estimate of drug-likeness (QED) is 0.797. The average Bonchev–Trinajstić information content (AvgIpc) is 2.79. The minimum Gasteiger partial charge on any atom is -0.480 e. The number of oxazole rings is 1. The molecule has 2 N–H and O–H groups in total. The SMILES string of the molecule is O=C1COc2ccc(-n3cc(CCO)oc3=O)nc2N1. The maximum Gasteiger partial charge on any atom is 0.424 e. The number of amides is 1. The minimum absolute atomic E-state index is 0.0552. The Hall–Kier alpha value is -2.61. The van der Waals surface area contributed by atoms with Gasteiger partial charge in [0.05, 0.1) is 12.8 Å². The molecule has 0 saturated heterocycles. The summed E-state index contributed by atoms with van der Waals surface area (Å²) in [6, 6.07) is 3.19. The Balaban J connectivity index is 2.00. The number of fused-ring (bicyclic) bond motifs is 1. The highest BCUT2D eigenvalue weighted by Gasteiger charge is 2.18. The molecular formula is C12H11N3O5. The fourth-order valence-corrected chi connectivity index (χ4v) is 1.86. The normalized spacial score (nSPS) is 13.6. The molecular weight excluding hydrogens is 266 g/mol. The van der Waals surface area contributed by atoms with Crippen LogP contribution in [0.1, 0.15) is 5.76 Å². The molecule has 0 aromatic carbocycles. The summed E-state index contributed by atoms with van der Waals surface area (Å²) in [6.45, 7) is -0.172. The largest absolute Gasteiger partial charge is 0.480 e. The van der Waals surface area contributed by atoms with Crippen LogP contribution in [0.3, 0.4) is 0 Å². The van der Waals surface area contributed by atoms with Gasteiger partial charge >= 0.3 is 5.76 Å². The van der Waals surface area contributed by atoms with E-state index in [1.807, 2.05) is 0 Å². The standard InChI is InChI=1S/C12H11N3O5/c16-4-3-7-5-15(12(18)20-7)9-2-1-8-11(13-9)14-10(17)6-19-8/h1-2,5,16H,3-4,6H2,(H,13,14,17). The lowest BCUT2D eigenvalue weighted by atomic mass is 10.3. The number of aliphatic hydroxyl groups excluding tert-OH is 1. The second-order valence-electron chi connectivity index (χ2n) is 4.16. The molecule has 1 amide bonds. The van der Waals surface area contributed by atoms with Crippen molar-refractivity contribution in [2.24, 2.45) is 0 Å². The van der Waals surface area contributed by atoms with Crippen molar-refractivity contribution >= 4 is 11.7 Å². The van der Waals surface area contributed by atoms with E-state index in [1.54, 1.807) is 12.1 Å². The van der Waals surface area contributed by atoms with Gasteiger partial charge in [0.15, 0.2) is 18.2 Å². The zero-order valence-corrected chi connectivity index (χ0v) is 10.3. The molecule has 0 aliphatic carbocycles. The number of hydrogen-bond donors (Lipinski definition) is 2. The van der Waals surface area contributed by atoms with Gasteiger partial charge in [0.25, 0.3) is 5.91 Å². The average molecular weight is 277 g/mol. The second kappa shape index (κ2) is 4.82. The zero-order valence-electron chi connectivity index (χ0n) is 10.3. The van der Waals surface area contributed by atoms with Crippen molar-refractivity contribution in [2.45, 2.75) is 6.42 Å². The van der Waals surface area contributed by atoms with Crippen LogP contribution in [-0.4, -0.2) is 33.8 Å². The number of ether oxygens (including phenoxy) is 1. The molecule has 0 saturated carbocycles. The molecule has 0 atom stereocenters. The first-order valence-corrected chi connectivity index (χ1v) is 5.93. The molecule has 2 aromatic rings. The van der Waals surface area contributed by atoms with Crippen molar-refractivity contribution in [3.05, 3.63) is 34.6 Å². The van der Waals surface area contributed by atoms with E-state index in [4.69, 9.17) is 14.3 Å². The lowest BCUT2D eigenvalue weighted by Crippen LogP contribution is -2.26. The van der Waals surface area contributed by atoms with Crippen molar-refractivity contribution < 1.29 is 19.1 Å². The summed E-state index contributed by atoms with van der Waals surface area (Å²) in [6.07, 6.45) is 1.70. The van der Waals surface area contributed by atoms with E-state index in [9.17, 15) is 9.59 Å². The molecule has 0 unspecified atom stereocenters. The lowest BCUT2D eigenvalue weighted by Gasteiger charge is -2.17. The molecule has 104 valence electrons. The Labute approximate surface area is 112 Å². The van der Waals surface area contributed by atoms with E-state index < -0.39 is 5.76 Å². The number of rotatable bonds is 3. The zero-order chi connectivity index (χ0) is 14.1. The van der Waals surface area contributed by atoms with E-state index >= 15 is 0 Å². The Kier molecular flexibility index (Phi) is 2.99. The summed E-state index contributed by atoms with van der Waals surface area (Å²) in [5, 5.41) is 11.4. The summed E-state index contributed by atoms with van der Waals surface area (Å²) >= 11 is 0. The van der Waals surface area contributed by atoms with Gasteiger partial charge in [-0.1, -0.05) is 0 Å². The van der Waals surface area contributed by atoms with Gasteiger partial charge in [-0.2, -0.15) is 0 Å². The maximum atomic E-state index is 11.7. The number of nitrogens with zero attached hydrogens (tertiary/aromatic N) is 2. The molecule has 8 heteroatoms. The van der Waals surface area contributed by atoms with Gasteiger partial charge in [-0.15, -0.1) is 0 Å². The molecule has 0 radical (unpaired) electrons. The highest BCUT2D eigenvalue weighted by Crippen LogP contribution is 2.26. The van der Waals surface area contributed by atoms with Gasteiger partial charge in [0, 0.05) is 6.42 Å². The van der Waals surface area contributed by atoms with E-state index in [-0.39, 0.29) is 31.4 Å². The molecule has 20 heavy (non-hydrogen) atoms. The van der Waals surface area contributed by atoms with Crippen molar-refractivity contribution in [1.82, 2.24) is 9.55 Å². The monoisotopic (exact) mass is 277 g/mol. The van der Waals surface area contributed by atoms with Crippen LogP contribution in [0, 0.1) is 0 Å². The number of carbonyl (C=O) groups is 1. The Bertz CT molecular complexity index is 718. The molecule has 3 rings (SSSR count). The summed E-state index contributed by atoms with van der Waals surface area (Å²) in [5.41, 5.74) is 0. The third-order valence-electron chi connectivity index (χ3n) is 2.75. The molecule has 3 heterocycles. The first kappa shape index (κ1) is 12.4. The number of aliphatic hydroxyl groups is 1. The van der Waals surface area contributed by atoms with Crippen molar-refractivity contribution in [1.29, 1.82) is 0 Å². The van der Waals surface area contributed by atoms with Gasteiger partial charge in [0.2, 0.25) is 0 Å². The van der Waals surface area contributed by atoms with E-state index in [2.05, 4.69) is 10.3 Å². The number of aromatic nitrogens is 2. The molecule has 8 nitrogen and oxygen atoms in total. The Morgan fingerprint density at radius 2 is 2.25 bits per heavy atom. The predicted octanol–water partition coefficient (Wildman–Crippen LogP) is -0.309. The number of nitrogens with one attached hydrogen (secondary N) is 1. The molecule has 0 bridgehead atoms. The van der Waals surface area contributed by atoms with Crippen LogP contribution in [-0.2, 0) is 11.2 Å². The fourth-order valence-electron chi connectivity index (χ4n) is 1.86. The van der Waals surface area contributed by atoms with Crippen LogP contribution in [0.5, 0.6) is 5.75 Å². The van der Waals surface area contributed by atoms with Gasteiger partial charge < -0.3 is 19.6 Å². The van der Waals surface area contributed by atoms with Crippen molar-refractivity contribution in [3.8, 4) is 11.6 Å². The fraction of sp³-hybridized carbons (Fsp3) is 0.250. The third kappa shape index (κ3) is 2.16. The number of hydrogen-bond acceptors (Lipinski definition) is 6. The van der Waals surface area contributed by atoms with Crippen LogP contribution in [0.25, 0.3) is 5.82 Å². The van der Waals surface area contributed by atoms with Crippen LogP contribution >= 0.6 is 0 Å². The first-order chi connectivity index (χ1) is 9.67. The highest BCUT2D eigenvalue weighted by atomic mass is 16.5. The molecule has 0 fully saturated rings. The van der Waals surface area contributed by atoms with E-state index in [0.717, 1.165) is 0 Å². The molecule has 2 aromatic heterocycles. The summed E-state index contributed by atoms with van der Waals surface area (Å²) in [5.74, 6) is 0.451. The van der Waals surface area contributed by atoms with Crippen LogP contribution < -0.4 is 15.8 Å². The second-order valence-corrected chi connectivity index (χ2v) is 4.16. The van der Waals surface area contributed by atoms with Crippen LogP contribution in [0.15, 0.2) is 27.5 Å². The van der Waals surface area contributed by atoms with Crippen LogP contribution in [0.2, 0.25) is 0 Å². The van der Waals surface area contributed by atoms with E-state index in [0.29, 0.717) is 17.3 Å². The van der Waals surface area contributed by atoms with Crippen LogP contribution in [0.4, 0.5) is 5.82 Å². The third-order valence-corrected chi connectivity index (χ3v) is 2.75. The molecule has 1 aliphatic heterocycles. The summed E-state index contributed by atoms with van der Waals surface area (Å²) in [4.78, 5) is 27.1. The minimum atomic E-state index is -0.607. The van der Waals surface area contributed by atoms with E-state index in [1.165, 1.54) is 10.8 Å². The number of carbonyl (C=O) groups excluding carboxylic acids is 1. The highest BCUT2D eigenvalue weighted by molar-refractivity contribution is 5.94. The maximum absolute atomic E-state index is 11.7. The van der Waals surface area contributed by atoms with Gasteiger partial charge in [-0.05, 0) is 12.1 Å².